The van der Waals surface area contributed by atoms with E-state index in [9.17, 15) is 19.5 Å². The quantitative estimate of drug-likeness (QED) is 0.579. The molecule has 162 valence electrons. The van der Waals surface area contributed by atoms with Gasteiger partial charge in [-0.1, -0.05) is 91.0 Å². The van der Waals surface area contributed by atoms with Crippen LogP contribution in [0.25, 0.3) is 0 Å². The molecule has 3 aromatic carbocycles. The molecule has 0 spiro atoms. The van der Waals surface area contributed by atoms with Crippen molar-refractivity contribution in [3.05, 3.63) is 108 Å². The van der Waals surface area contributed by atoms with Gasteiger partial charge in [-0.05, 0) is 5.56 Å². The zero-order valence-electron chi connectivity index (χ0n) is 17.3. The first-order valence-electron chi connectivity index (χ1n) is 10.2. The summed E-state index contributed by atoms with van der Waals surface area (Å²) in [4.78, 5) is 38.9. The number of aliphatic carboxylic acids is 1. The Bertz CT molecular complexity index is 1100. The Hall–Kier alpha value is -3.97. The molecule has 3 atom stereocenters. The van der Waals surface area contributed by atoms with Crippen molar-refractivity contribution in [1.29, 1.82) is 0 Å². The maximum Gasteiger partial charge on any atom is 0.519 e. The van der Waals surface area contributed by atoms with E-state index in [0.717, 1.165) is 5.56 Å². The monoisotopic (exact) mass is 431 g/mol. The van der Waals surface area contributed by atoms with Crippen LogP contribution in [-0.2, 0) is 20.9 Å². The van der Waals surface area contributed by atoms with Gasteiger partial charge in [0.05, 0.1) is 0 Å². The van der Waals surface area contributed by atoms with Crippen molar-refractivity contribution in [3.63, 3.8) is 0 Å². The van der Waals surface area contributed by atoms with E-state index in [0.29, 0.717) is 11.1 Å². The SMILES string of the molecule is O=C(O)C[N+]1(C(=O)OCc2ccccc2)C(c2ccccc2)NC(=O)C1c1ccccc1. The summed E-state index contributed by atoms with van der Waals surface area (Å²) in [5, 5.41) is 12.7. The molecule has 2 amide bonds. The fourth-order valence-electron chi connectivity index (χ4n) is 4.25. The molecule has 1 aliphatic rings. The van der Waals surface area contributed by atoms with E-state index in [2.05, 4.69) is 5.32 Å². The number of carboxylic acids is 1. The van der Waals surface area contributed by atoms with Crippen LogP contribution in [0.5, 0.6) is 0 Å². The van der Waals surface area contributed by atoms with E-state index >= 15 is 0 Å². The van der Waals surface area contributed by atoms with Crippen molar-refractivity contribution >= 4 is 18.0 Å². The minimum Gasteiger partial charge on any atom is -0.477 e. The highest BCUT2D eigenvalue weighted by Crippen LogP contribution is 2.44. The number of nitrogens with zero attached hydrogens (tertiary/aromatic N) is 1. The predicted octanol–water partition coefficient (Wildman–Crippen LogP) is 3.79. The standard InChI is InChI=1S/C25H22N2O5/c28-21(29)16-27(25(31)32-17-18-10-4-1-5-11-18)22(19-12-6-2-7-13-19)24(30)26-23(27)20-14-8-3-9-15-20/h1-15,22-23H,16-17H2,(H-,26,28,29,30)/p+1. The van der Waals surface area contributed by atoms with Crippen LogP contribution >= 0.6 is 0 Å². The molecule has 0 saturated carbocycles. The van der Waals surface area contributed by atoms with Crippen molar-refractivity contribution in [2.24, 2.45) is 0 Å². The van der Waals surface area contributed by atoms with Crippen molar-refractivity contribution in [3.8, 4) is 0 Å². The Balaban J connectivity index is 1.82. The first kappa shape index (κ1) is 21.3. The molecule has 4 rings (SSSR count). The number of carboxylic acid groups (broad SMARTS) is 1. The average molecular weight is 431 g/mol. The van der Waals surface area contributed by atoms with Crippen LogP contribution < -0.4 is 5.32 Å². The van der Waals surface area contributed by atoms with E-state index in [4.69, 9.17) is 4.74 Å². The van der Waals surface area contributed by atoms with Crippen molar-refractivity contribution < 1.29 is 28.7 Å². The van der Waals surface area contributed by atoms with Crippen molar-refractivity contribution in [2.45, 2.75) is 18.8 Å². The van der Waals surface area contributed by atoms with Crippen molar-refractivity contribution in [2.75, 3.05) is 6.54 Å². The Kier molecular flexibility index (Phi) is 6.00. The first-order valence-corrected chi connectivity index (χ1v) is 10.2. The summed E-state index contributed by atoms with van der Waals surface area (Å²) in [6.45, 7) is -0.651. The number of ether oxygens (including phenoxy) is 1. The fraction of sp³-hybridized carbons (Fsp3) is 0.160. The molecule has 0 aromatic heterocycles. The average Bonchev–Trinajstić information content (AvgIpc) is 3.11. The molecule has 1 fully saturated rings. The van der Waals surface area contributed by atoms with E-state index in [1.54, 1.807) is 54.6 Å². The first-order chi connectivity index (χ1) is 15.5. The maximum atomic E-state index is 13.7. The third-order valence-electron chi connectivity index (χ3n) is 5.62. The highest BCUT2D eigenvalue weighted by molar-refractivity contribution is 5.87. The number of carbonyl (C=O) groups is 3. The number of carbonyl (C=O) groups excluding carboxylic acids is 2. The highest BCUT2D eigenvalue weighted by Gasteiger charge is 2.63. The third kappa shape index (κ3) is 3.98. The molecule has 0 bridgehead atoms. The molecule has 7 nitrogen and oxygen atoms in total. The van der Waals surface area contributed by atoms with E-state index in [-0.39, 0.29) is 6.61 Å². The van der Waals surface area contributed by atoms with Gasteiger partial charge in [0.2, 0.25) is 12.2 Å². The molecule has 1 aliphatic heterocycles. The van der Waals surface area contributed by atoms with Crippen LogP contribution in [0.3, 0.4) is 0 Å². The Morgan fingerprint density at radius 1 is 0.844 bits per heavy atom. The molecule has 7 heteroatoms. The lowest BCUT2D eigenvalue weighted by Crippen LogP contribution is -2.57. The van der Waals surface area contributed by atoms with Gasteiger partial charge in [0.25, 0.3) is 5.91 Å². The van der Waals surface area contributed by atoms with Crippen LogP contribution in [-0.4, -0.2) is 34.1 Å². The molecule has 1 saturated heterocycles. The van der Waals surface area contributed by atoms with Gasteiger partial charge in [0, 0.05) is 11.1 Å². The van der Waals surface area contributed by atoms with Gasteiger partial charge in [-0.15, -0.1) is 0 Å². The fourth-order valence-corrected chi connectivity index (χ4v) is 4.25. The summed E-state index contributed by atoms with van der Waals surface area (Å²) in [5.74, 6) is -1.64. The summed E-state index contributed by atoms with van der Waals surface area (Å²) >= 11 is 0. The largest absolute Gasteiger partial charge is 0.519 e. The lowest BCUT2D eigenvalue weighted by Gasteiger charge is -2.37. The topological polar surface area (TPSA) is 92.7 Å². The molecular weight excluding hydrogens is 408 g/mol. The molecular formula is C25H23N2O5+. The smallest absolute Gasteiger partial charge is 0.477 e. The van der Waals surface area contributed by atoms with Crippen LogP contribution in [0, 0.1) is 0 Å². The van der Waals surface area contributed by atoms with Gasteiger partial charge in [0.1, 0.15) is 6.61 Å². The molecule has 3 aromatic rings. The number of nitrogens with one attached hydrogen (secondary N) is 1. The van der Waals surface area contributed by atoms with E-state index < -0.39 is 41.2 Å². The van der Waals surface area contributed by atoms with Crippen molar-refractivity contribution in [1.82, 2.24) is 5.32 Å². The molecule has 32 heavy (non-hydrogen) atoms. The van der Waals surface area contributed by atoms with E-state index in [1.807, 2.05) is 36.4 Å². The van der Waals surface area contributed by atoms with Gasteiger partial charge in [0.15, 0.2) is 6.54 Å². The Morgan fingerprint density at radius 2 is 1.38 bits per heavy atom. The highest BCUT2D eigenvalue weighted by atomic mass is 16.6. The molecule has 0 radical (unpaired) electrons. The second-order valence-electron chi connectivity index (χ2n) is 7.66. The van der Waals surface area contributed by atoms with Crippen LogP contribution in [0.4, 0.5) is 4.79 Å². The summed E-state index contributed by atoms with van der Waals surface area (Å²) in [6.07, 6.45) is -1.69. The van der Waals surface area contributed by atoms with Gasteiger partial charge in [-0.25, -0.2) is 4.79 Å². The number of hydrogen-bond donors (Lipinski definition) is 2. The summed E-state index contributed by atoms with van der Waals surface area (Å²) in [7, 11) is 0. The van der Waals surface area contributed by atoms with Gasteiger partial charge in [-0.2, -0.15) is 9.28 Å². The molecule has 2 N–H and O–H groups in total. The van der Waals surface area contributed by atoms with Crippen LogP contribution in [0.2, 0.25) is 0 Å². The lowest BCUT2D eigenvalue weighted by atomic mass is 10.0. The van der Waals surface area contributed by atoms with Crippen LogP contribution in [0.1, 0.15) is 28.9 Å². The van der Waals surface area contributed by atoms with Gasteiger partial charge >= 0.3 is 12.1 Å². The second kappa shape index (κ2) is 9.03. The molecule has 3 unspecified atom stereocenters. The minimum absolute atomic E-state index is 0.0312. The lowest BCUT2D eigenvalue weighted by molar-refractivity contribution is -0.895. The number of hydrogen-bond acceptors (Lipinski definition) is 4. The Labute approximate surface area is 185 Å². The third-order valence-corrected chi connectivity index (χ3v) is 5.62. The Morgan fingerprint density at radius 3 is 1.94 bits per heavy atom. The van der Waals surface area contributed by atoms with Gasteiger partial charge < -0.3 is 9.84 Å². The normalized spacial score (nSPS) is 22.2. The summed E-state index contributed by atoms with van der Waals surface area (Å²) in [6, 6.07) is 25.7. The number of rotatable bonds is 6. The number of benzene rings is 3. The summed E-state index contributed by atoms with van der Waals surface area (Å²) < 4.78 is 4.90. The zero-order valence-corrected chi connectivity index (χ0v) is 17.3. The van der Waals surface area contributed by atoms with Crippen LogP contribution in [0.15, 0.2) is 91.0 Å². The second-order valence-corrected chi connectivity index (χ2v) is 7.66. The number of amides is 2. The molecule has 0 aliphatic carbocycles. The molecule has 1 heterocycles. The number of quaternary nitrogens is 1. The zero-order chi connectivity index (χ0) is 22.6. The maximum absolute atomic E-state index is 13.7. The van der Waals surface area contributed by atoms with E-state index in [1.165, 1.54) is 0 Å². The predicted molar refractivity (Wildman–Crippen MR) is 116 cm³/mol. The van der Waals surface area contributed by atoms with Gasteiger partial charge in [-0.3, -0.25) is 10.1 Å². The summed E-state index contributed by atoms with van der Waals surface area (Å²) in [5.41, 5.74) is 1.93. The minimum atomic E-state index is -1.21.